The maximum atomic E-state index is 14.0. The van der Waals surface area contributed by atoms with Crippen LogP contribution in [-0.4, -0.2) is 11.8 Å². The molecule has 0 heterocycles. The Labute approximate surface area is 145 Å². The second-order valence-electron chi connectivity index (χ2n) is 5.20. The molecule has 2 aromatic carbocycles. The van der Waals surface area contributed by atoms with Gasteiger partial charge in [-0.3, -0.25) is 9.59 Å². The Balaban J connectivity index is 2.97. The number of benzene rings is 2. The van der Waals surface area contributed by atoms with E-state index in [1.54, 1.807) is 0 Å². The Morgan fingerprint density at radius 2 is 1.00 bits per heavy atom. The molecule has 0 radical (unpaired) electrons. The Morgan fingerprint density at radius 3 is 1.41 bits per heavy atom. The Kier molecular flexibility index (Phi) is 5.25. The van der Waals surface area contributed by atoms with Crippen molar-refractivity contribution in [3.8, 4) is 11.1 Å². The third kappa shape index (κ3) is 3.13. The number of rotatable bonds is 2. The zero-order chi connectivity index (χ0) is 20.8. The lowest BCUT2D eigenvalue weighted by Gasteiger charge is -2.20. The van der Waals surface area contributed by atoms with Crippen LogP contribution in [0, 0.1) is 46.5 Å². The summed E-state index contributed by atoms with van der Waals surface area (Å²) in [5, 5.41) is 0. The molecular formula is C16H7F8NO2. The third-order valence-corrected chi connectivity index (χ3v) is 3.48. The van der Waals surface area contributed by atoms with Crippen LogP contribution in [0.25, 0.3) is 11.1 Å². The van der Waals surface area contributed by atoms with Gasteiger partial charge in [-0.15, -0.1) is 0 Å². The molecule has 2 amide bonds. The highest BCUT2D eigenvalue weighted by molar-refractivity contribution is 6.13. The molecule has 0 aliphatic rings. The molecule has 0 atom stereocenters. The van der Waals surface area contributed by atoms with E-state index in [4.69, 9.17) is 0 Å². The topological polar surface area (TPSA) is 37.4 Å². The van der Waals surface area contributed by atoms with Crippen molar-refractivity contribution < 1.29 is 44.7 Å². The number of hydrogen-bond donors (Lipinski definition) is 0. The normalized spacial score (nSPS) is 10.9. The first-order valence-corrected chi connectivity index (χ1v) is 6.92. The minimum absolute atomic E-state index is 0.00655. The fourth-order valence-electron chi connectivity index (χ4n) is 2.34. The summed E-state index contributed by atoms with van der Waals surface area (Å²) in [6.45, 7) is 1.47. The molecule has 0 unspecified atom stereocenters. The quantitative estimate of drug-likeness (QED) is 0.429. The summed E-state index contributed by atoms with van der Waals surface area (Å²) in [5.41, 5.74) is -4.74. The van der Waals surface area contributed by atoms with Gasteiger partial charge in [-0.05, 0) is 6.07 Å². The van der Waals surface area contributed by atoms with Crippen molar-refractivity contribution in [3.63, 3.8) is 0 Å². The van der Waals surface area contributed by atoms with Crippen LogP contribution in [0.4, 0.5) is 40.8 Å². The highest BCUT2D eigenvalue weighted by Crippen LogP contribution is 2.37. The number of amides is 2. The Morgan fingerprint density at radius 1 is 0.630 bits per heavy atom. The fraction of sp³-hybridized carbons (Fsp3) is 0.125. The third-order valence-electron chi connectivity index (χ3n) is 3.48. The molecule has 0 saturated heterocycles. The minimum Gasteiger partial charge on any atom is -0.274 e. The second-order valence-corrected chi connectivity index (χ2v) is 5.20. The van der Waals surface area contributed by atoms with Gasteiger partial charge in [0.2, 0.25) is 17.6 Å². The Hall–Kier alpha value is -2.98. The van der Waals surface area contributed by atoms with E-state index in [2.05, 4.69) is 0 Å². The highest BCUT2D eigenvalue weighted by atomic mass is 19.2. The molecule has 0 aromatic heterocycles. The summed E-state index contributed by atoms with van der Waals surface area (Å²) in [7, 11) is 0. The minimum atomic E-state index is -2.55. The van der Waals surface area contributed by atoms with Crippen molar-refractivity contribution in [2.45, 2.75) is 13.8 Å². The van der Waals surface area contributed by atoms with Crippen LogP contribution in [0.1, 0.15) is 13.8 Å². The molecule has 0 bridgehead atoms. The number of imide groups is 1. The number of carbonyl (C=O) groups excluding carboxylic acids is 2. The van der Waals surface area contributed by atoms with Gasteiger partial charge < -0.3 is 0 Å². The van der Waals surface area contributed by atoms with E-state index in [0.717, 1.165) is 13.8 Å². The van der Waals surface area contributed by atoms with Crippen molar-refractivity contribution in [2.75, 3.05) is 4.90 Å². The molecule has 2 rings (SSSR count). The summed E-state index contributed by atoms with van der Waals surface area (Å²) in [5.74, 6) is -21.6. The van der Waals surface area contributed by atoms with Crippen LogP contribution in [0.5, 0.6) is 0 Å². The van der Waals surface area contributed by atoms with Gasteiger partial charge in [0.1, 0.15) is 0 Å². The van der Waals surface area contributed by atoms with Gasteiger partial charge in [0.05, 0.1) is 11.3 Å². The molecule has 0 spiro atoms. The van der Waals surface area contributed by atoms with Crippen LogP contribution in [0.3, 0.4) is 0 Å². The largest absolute Gasteiger partial charge is 0.274 e. The number of nitrogens with zero attached hydrogens (tertiary/aromatic N) is 1. The van der Waals surface area contributed by atoms with Crippen molar-refractivity contribution in [1.29, 1.82) is 0 Å². The first kappa shape index (κ1) is 20.3. The van der Waals surface area contributed by atoms with E-state index < -0.39 is 75.2 Å². The van der Waals surface area contributed by atoms with Crippen LogP contribution >= 0.6 is 0 Å². The first-order valence-electron chi connectivity index (χ1n) is 6.92. The number of anilines is 1. The first-order chi connectivity index (χ1) is 12.4. The summed E-state index contributed by atoms with van der Waals surface area (Å²) in [6.07, 6.45) is 0. The average Bonchev–Trinajstić information content (AvgIpc) is 2.59. The van der Waals surface area contributed by atoms with Crippen molar-refractivity contribution in [1.82, 2.24) is 0 Å². The van der Waals surface area contributed by atoms with E-state index in [0.29, 0.717) is 0 Å². The van der Waals surface area contributed by atoms with E-state index in [-0.39, 0.29) is 11.0 Å². The molecule has 11 heteroatoms. The number of carbonyl (C=O) groups is 2. The van der Waals surface area contributed by atoms with E-state index in [1.165, 1.54) is 0 Å². The van der Waals surface area contributed by atoms with Crippen LogP contribution in [0.15, 0.2) is 6.07 Å². The SMILES string of the molecule is CC(=O)N(C(C)=O)c1cc(-c2c(F)c(F)c(F)c(F)c2F)c(F)c(F)c1F. The van der Waals surface area contributed by atoms with Gasteiger partial charge in [-0.1, -0.05) is 0 Å². The lowest BCUT2D eigenvalue weighted by atomic mass is 10.0. The van der Waals surface area contributed by atoms with Crippen LogP contribution in [0.2, 0.25) is 0 Å². The molecule has 3 nitrogen and oxygen atoms in total. The highest BCUT2D eigenvalue weighted by Gasteiger charge is 2.32. The van der Waals surface area contributed by atoms with E-state index in [1.807, 2.05) is 0 Å². The molecule has 2 aromatic rings. The van der Waals surface area contributed by atoms with Gasteiger partial charge in [-0.2, -0.15) is 0 Å². The molecule has 0 aliphatic carbocycles. The van der Waals surface area contributed by atoms with Crippen molar-refractivity contribution >= 4 is 17.5 Å². The van der Waals surface area contributed by atoms with Gasteiger partial charge >= 0.3 is 0 Å². The lowest BCUT2D eigenvalue weighted by Crippen LogP contribution is -2.34. The van der Waals surface area contributed by atoms with E-state index in [9.17, 15) is 44.7 Å². The summed E-state index contributed by atoms with van der Waals surface area (Å²) < 4.78 is 110. The van der Waals surface area contributed by atoms with Gasteiger partial charge in [0.15, 0.2) is 40.7 Å². The summed E-state index contributed by atoms with van der Waals surface area (Å²) in [4.78, 5) is 22.9. The molecule has 0 N–H and O–H groups in total. The van der Waals surface area contributed by atoms with Crippen molar-refractivity contribution in [2.24, 2.45) is 0 Å². The fourth-order valence-corrected chi connectivity index (χ4v) is 2.34. The molecule has 144 valence electrons. The zero-order valence-corrected chi connectivity index (χ0v) is 13.4. The predicted molar refractivity (Wildman–Crippen MR) is 75.4 cm³/mol. The standard InChI is InChI=1S/C16H7F8NO2/c1-4(26)25(5(2)27)7-3-6(9(17)13(21)10(7)18)8-11(19)14(22)16(24)15(23)12(8)20/h3H,1-2H3. The average molecular weight is 397 g/mol. The maximum Gasteiger partial charge on any atom is 0.230 e. The predicted octanol–water partition coefficient (Wildman–Crippen LogP) is 4.37. The van der Waals surface area contributed by atoms with E-state index >= 15 is 0 Å². The number of halogens is 8. The molecule has 0 aliphatic heterocycles. The zero-order valence-electron chi connectivity index (χ0n) is 13.4. The molecular weight excluding hydrogens is 390 g/mol. The smallest absolute Gasteiger partial charge is 0.230 e. The Bertz CT molecular complexity index is 946. The van der Waals surface area contributed by atoms with Crippen LogP contribution < -0.4 is 4.90 Å². The second kappa shape index (κ2) is 6.97. The summed E-state index contributed by atoms with van der Waals surface area (Å²) in [6, 6.07) is 0.0921. The molecule has 0 saturated carbocycles. The lowest BCUT2D eigenvalue weighted by molar-refractivity contribution is -0.124. The van der Waals surface area contributed by atoms with Crippen LogP contribution in [-0.2, 0) is 9.59 Å². The van der Waals surface area contributed by atoms with Gasteiger partial charge in [0, 0.05) is 19.4 Å². The van der Waals surface area contributed by atoms with Gasteiger partial charge in [0.25, 0.3) is 0 Å². The van der Waals surface area contributed by atoms with Gasteiger partial charge in [-0.25, -0.2) is 40.0 Å². The monoisotopic (exact) mass is 397 g/mol. The maximum absolute atomic E-state index is 14.0. The molecule has 27 heavy (non-hydrogen) atoms. The molecule has 0 fully saturated rings. The summed E-state index contributed by atoms with van der Waals surface area (Å²) >= 11 is 0. The van der Waals surface area contributed by atoms with Crippen molar-refractivity contribution in [3.05, 3.63) is 52.6 Å². The number of hydrogen-bond acceptors (Lipinski definition) is 2.